The lowest BCUT2D eigenvalue weighted by Crippen LogP contribution is -2.39. The monoisotopic (exact) mass is 246 g/mol. The van der Waals surface area contributed by atoms with Crippen molar-refractivity contribution in [3.05, 3.63) is 34.9 Å². The third-order valence-corrected chi connectivity index (χ3v) is 4.29. The second-order valence-electron chi connectivity index (χ2n) is 5.91. The van der Waals surface area contributed by atoms with Crippen LogP contribution in [0.1, 0.15) is 43.4 Å². The number of benzene rings is 1. The molecule has 2 rings (SSSR count). The summed E-state index contributed by atoms with van der Waals surface area (Å²) in [7, 11) is 0. The molecule has 1 aromatic carbocycles. The van der Waals surface area contributed by atoms with E-state index in [1.54, 1.807) is 0 Å². The van der Waals surface area contributed by atoms with Gasteiger partial charge in [-0.15, -0.1) is 0 Å². The Hall–Kier alpha value is -0.860. The number of aryl methyl sites for hydroxylation is 1. The van der Waals surface area contributed by atoms with Gasteiger partial charge in [-0.1, -0.05) is 25.1 Å². The third-order valence-electron chi connectivity index (χ3n) is 4.29. The third kappa shape index (κ3) is 3.12. The highest BCUT2D eigenvalue weighted by Crippen LogP contribution is 2.24. The van der Waals surface area contributed by atoms with Gasteiger partial charge in [0.1, 0.15) is 0 Å². The number of nitrogens with zero attached hydrogens (tertiary/aromatic N) is 1. The van der Waals surface area contributed by atoms with E-state index in [0.29, 0.717) is 12.6 Å². The molecular weight excluding hydrogens is 220 g/mol. The fourth-order valence-corrected chi connectivity index (χ4v) is 2.97. The van der Waals surface area contributed by atoms with Crippen LogP contribution in [0.25, 0.3) is 0 Å². The van der Waals surface area contributed by atoms with Gasteiger partial charge in [0.25, 0.3) is 0 Å². The van der Waals surface area contributed by atoms with Crippen molar-refractivity contribution in [1.29, 1.82) is 0 Å². The fraction of sp³-hybridized carbons (Fsp3) is 0.625. The topological polar surface area (TPSA) is 29.3 Å². The first-order chi connectivity index (χ1) is 8.60. The van der Waals surface area contributed by atoms with Crippen LogP contribution in [0.2, 0.25) is 0 Å². The molecule has 0 aliphatic carbocycles. The van der Waals surface area contributed by atoms with E-state index < -0.39 is 0 Å². The number of rotatable bonds is 3. The Morgan fingerprint density at radius 1 is 1.33 bits per heavy atom. The molecule has 1 saturated heterocycles. The van der Waals surface area contributed by atoms with Crippen LogP contribution in [0.5, 0.6) is 0 Å². The summed E-state index contributed by atoms with van der Waals surface area (Å²) in [5.41, 5.74) is 9.74. The van der Waals surface area contributed by atoms with E-state index >= 15 is 0 Å². The summed E-state index contributed by atoms with van der Waals surface area (Å²) in [4.78, 5) is 2.62. The molecule has 0 aromatic heterocycles. The molecule has 2 atom stereocenters. The predicted octanol–water partition coefficient (Wildman–Crippen LogP) is 3.07. The normalized spacial score (nSPS) is 25.3. The van der Waals surface area contributed by atoms with Gasteiger partial charge in [-0.3, -0.25) is 4.90 Å². The second kappa shape index (κ2) is 5.85. The van der Waals surface area contributed by atoms with Crippen molar-refractivity contribution in [2.45, 2.75) is 52.7 Å². The maximum atomic E-state index is 5.68. The van der Waals surface area contributed by atoms with Gasteiger partial charge in [-0.05, 0) is 55.8 Å². The number of hydrogen-bond donors (Lipinski definition) is 1. The van der Waals surface area contributed by atoms with Crippen LogP contribution in [-0.4, -0.2) is 17.5 Å². The van der Waals surface area contributed by atoms with E-state index in [9.17, 15) is 0 Å². The van der Waals surface area contributed by atoms with Crippen molar-refractivity contribution in [3.63, 3.8) is 0 Å². The van der Waals surface area contributed by atoms with Gasteiger partial charge in [0.15, 0.2) is 0 Å². The molecule has 0 amide bonds. The zero-order chi connectivity index (χ0) is 13.1. The van der Waals surface area contributed by atoms with Crippen molar-refractivity contribution in [2.75, 3.05) is 6.54 Å². The van der Waals surface area contributed by atoms with Crippen LogP contribution in [0.3, 0.4) is 0 Å². The van der Waals surface area contributed by atoms with Gasteiger partial charge in [0.05, 0.1) is 0 Å². The lowest BCUT2D eigenvalue weighted by Gasteiger charge is -2.36. The standard InChI is InChI=1S/C16H26N2/c1-12-6-7-18(14(3)8-12)11-16-5-4-15(10-17)9-13(16)2/h4-5,9,12,14H,6-8,10-11,17H2,1-3H3. The molecule has 2 nitrogen and oxygen atoms in total. The van der Waals surface area contributed by atoms with Crippen molar-refractivity contribution in [1.82, 2.24) is 4.90 Å². The van der Waals surface area contributed by atoms with Crippen molar-refractivity contribution in [2.24, 2.45) is 11.7 Å². The second-order valence-corrected chi connectivity index (χ2v) is 5.91. The zero-order valence-corrected chi connectivity index (χ0v) is 11.9. The largest absolute Gasteiger partial charge is 0.326 e. The Labute approximate surface area is 111 Å². The Kier molecular flexibility index (Phi) is 4.41. The zero-order valence-electron chi connectivity index (χ0n) is 11.9. The van der Waals surface area contributed by atoms with E-state index in [4.69, 9.17) is 5.73 Å². The first kappa shape index (κ1) is 13.6. The minimum atomic E-state index is 0.638. The van der Waals surface area contributed by atoms with Crippen LogP contribution in [0, 0.1) is 12.8 Å². The van der Waals surface area contributed by atoms with Gasteiger partial charge in [-0.2, -0.15) is 0 Å². The Balaban J connectivity index is 2.05. The summed E-state index contributed by atoms with van der Waals surface area (Å²) in [5.74, 6) is 0.886. The average Bonchev–Trinajstić information content (AvgIpc) is 2.34. The Morgan fingerprint density at radius 2 is 2.11 bits per heavy atom. The Bertz CT molecular complexity index is 400. The average molecular weight is 246 g/mol. The minimum Gasteiger partial charge on any atom is -0.326 e. The summed E-state index contributed by atoms with van der Waals surface area (Å²) >= 11 is 0. The molecule has 1 aliphatic rings. The number of hydrogen-bond acceptors (Lipinski definition) is 2. The molecule has 0 spiro atoms. The van der Waals surface area contributed by atoms with Crippen LogP contribution in [0.15, 0.2) is 18.2 Å². The Morgan fingerprint density at radius 3 is 2.72 bits per heavy atom. The maximum absolute atomic E-state index is 5.68. The summed E-state index contributed by atoms with van der Waals surface area (Å²) in [6.07, 6.45) is 2.67. The summed E-state index contributed by atoms with van der Waals surface area (Å²) in [6, 6.07) is 7.36. The number of nitrogens with two attached hydrogens (primary N) is 1. The highest BCUT2D eigenvalue weighted by Gasteiger charge is 2.22. The molecule has 18 heavy (non-hydrogen) atoms. The van der Waals surface area contributed by atoms with E-state index in [1.165, 1.54) is 36.1 Å². The van der Waals surface area contributed by atoms with Crippen molar-refractivity contribution >= 4 is 0 Å². The predicted molar refractivity (Wildman–Crippen MR) is 77.3 cm³/mol. The van der Waals surface area contributed by atoms with Gasteiger partial charge in [-0.25, -0.2) is 0 Å². The molecule has 0 saturated carbocycles. The molecule has 100 valence electrons. The van der Waals surface area contributed by atoms with Crippen LogP contribution >= 0.6 is 0 Å². The summed E-state index contributed by atoms with van der Waals surface area (Å²) in [6.45, 7) is 9.89. The number of piperidine rings is 1. The van der Waals surface area contributed by atoms with Crippen LogP contribution in [-0.2, 0) is 13.1 Å². The number of likely N-dealkylation sites (tertiary alicyclic amines) is 1. The molecule has 2 heteroatoms. The fourth-order valence-electron chi connectivity index (χ4n) is 2.97. The molecule has 2 N–H and O–H groups in total. The molecule has 2 unspecified atom stereocenters. The molecule has 0 radical (unpaired) electrons. The molecule has 1 heterocycles. The summed E-state index contributed by atoms with van der Waals surface area (Å²) < 4.78 is 0. The van der Waals surface area contributed by atoms with Crippen LogP contribution in [0.4, 0.5) is 0 Å². The SMILES string of the molecule is Cc1cc(CN)ccc1CN1CCC(C)CC1C. The van der Waals surface area contributed by atoms with E-state index in [1.807, 2.05) is 0 Å². The van der Waals surface area contributed by atoms with Gasteiger partial charge in [0.2, 0.25) is 0 Å². The highest BCUT2D eigenvalue weighted by atomic mass is 15.2. The van der Waals surface area contributed by atoms with Crippen LogP contribution < -0.4 is 5.73 Å². The van der Waals surface area contributed by atoms with Gasteiger partial charge < -0.3 is 5.73 Å². The first-order valence-electron chi connectivity index (χ1n) is 7.12. The van der Waals surface area contributed by atoms with Gasteiger partial charge >= 0.3 is 0 Å². The molecule has 1 aliphatic heterocycles. The van der Waals surface area contributed by atoms with Crippen molar-refractivity contribution < 1.29 is 0 Å². The van der Waals surface area contributed by atoms with Gasteiger partial charge in [0, 0.05) is 19.1 Å². The minimum absolute atomic E-state index is 0.638. The lowest BCUT2D eigenvalue weighted by atomic mass is 9.92. The van der Waals surface area contributed by atoms with Crippen molar-refractivity contribution in [3.8, 4) is 0 Å². The molecular formula is C16H26N2. The molecule has 1 fully saturated rings. The highest BCUT2D eigenvalue weighted by molar-refractivity contribution is 5.31. The smallest absolute Gasteiger partial charge is 0.0239 e. The molecule has 0 bridgehead atoms. The van der Waals surface area contributed by atoms with E-state index in [2.05, 4.69) is 43.9 Å². The molecule has 1 aromatic rings. The lowest BCUT2D eigenvalue weighted by molar-refractivity contribution is 0.122. The summed E-state index contributed by atoms with van der Waals surface area (Å²) in [5, 5.41) is 0. The first-order valence-corrected chi connectivity index (χ1v) is 7.12. The van der Waals surface area contributed by atoms with E-state index in [0.717, 1.165) is 12.5 Å². The maximum Gasteiger partial charge on any atom is 0.0239 e. The quantitative estimate of drug-likeness (QED) is 0.888. The van der Waals surface area contributed by atoms with E-state index in [-0.39, 0.29) is 0 Å².